The van der Waals surface area contributed by atoms with Crippen LogP contribution in [0.15, 0.2) is 24.3 Å². The number of anilines is 1. The maximum Gasteiger partial charge on any atom is 0.243 e. The fourth-order valence-corrected chi connectivity index (χ4v) is 1.47. The van der Waals surface area contributed by atoms with Crippen molar-refractivity contribution in [3.05, 3.63) is 29.8 Å². The number of carbonyl (C=O) groups is 2. The molecule has 6 heteroatoms. The van der Waals surface area contributed by atoms with Gasteiger partial charge in [0.05, 0.1) is 18.1 Å². The van der Waals surface area contributed by atoms with E-state index in [2.05, 4.69) is 16.2 Å². The Hall–Kier alpha value is -2.39. The molecule has 1 aromatic rings. The van der Waals surface area contributed by atoms with Crippen molar-refractivity contribution in [3.63, 3.8) is 0 Å². The molecule has 2 rings (SSSR count). The van der Waals surface area contributed by atoms with Gasteiger partial charge in [0.15, 0.2) is 0 Å². The Kier molecular flexibility index (Phi) is 3.03. The van der Waals surface area contributed by atoms with Crippen LogP contribution in [0.4, 0.5) is 5.69 Å². The van der Waals surface area contributed by atoms with E-state index in [1.165, 1.54) is 0 Å². The number of carbonyl (C=O) groups excluding carboxylic acids is 2. The van der Waals surface area contributed by atoms with Gasteiger partial charge in [0.1, 0.15) is 6.04 Å². The van der Waals surface area contributed by atoms with Crippen LogP contribution in [-0.4, -0.2) is 17.9 Å². The summed E-state index contributed by atoms with van der Waals surface area (Å²) < 4.78 is 0. The first-order chi connectivity index (χ1) is 8.19. The zero-order valence-corrected chi connectivity index (χ0v) is 8.86. The van der Waals surface area contributed by atoms with Crippen LogP contribution < -0.4 is 16.2 Å². The summed E-state index contributed by atoms with van der Waals surface area (Å²) >= 11 is 0. The Labute approximate surface area is 97.6 Å². The van der Waals surface area contributed by atoms with E-state index in [-0.39, 0.29) is 18.2 Å². The second kappa shape index (κ2) is 4.63. The van der Waals surface area contributed by atoms with E-state index in [4.69, 9.17) is 5.26 Å². The van der Waals surface area contributed by atoms with Gasteiger partial charge in [-0.05, 0) is 24.3 Å². The first kappa shape index (κ1) is 11.1. The van der Waals surface area contributed by atoms with Crippen molar-refractivity contribution in [3.8, 4) is 6.07 Å². The van der Waals surface area contributed by atoms with Crippen molar-refractivity contribution in [2.24, 2.45) is 0 Å². The lowest BCUT2D eigenvalue weighted by Crippen LogP contribution is -2.39. The first-order valence-corrected chi connectivity index (χ1v) is 5.04. The number of nitrogens with zero attached hydrogens (tertiary/aromatic N) is 1. The molecule has 86 valence electrons. The highest BCUT2D eigenvalue weighted by Crippen LogP contribution is 2.10. The second-order valence-electron chi connectivity index (χ2n) is 3.63. The lowest BCUT2D eigenvalue weighted by Gasteiger charge is -2.09. The molecule has 1 aliphatic rings. The topological polar surface area (TPSA) is 94.0 Å². The molecule has 1 aliphatic heterocycles. The predicted molar refractivity (Wildman–Crippen MR) is 59.5 cm³/mol. The van der Waals surface area contributed by atoms with Crippen LogP contribution in [0.5, 0.6) is 0 Å². The van der Waals surface area contributed by atoms with Crippen molar-refractivity contribution >= 4 is 17.5 Å². The molecule has 2 amide bonds. The average molecular weight is 230 g/mol. The molecule has 0 aromatic heterocycles. The third-order valence-corrected chi connectivity index (χ3v) is 2.37. The predicted octanol–water partition coefficient (Wildman–Crippen LogP) is -0.110. The Morgan fingerprint density at radius 1 is 1.41 bits per heavy atom. The highest BCUT2D eigenvalue weighted by Gasteiger charge is 2.27. The summed E-state index contributed by atoms with van der Waals surface area (Å²) in [6.45, 7) is 0. The summed E-state index contributed by atoms with van der Waals surface area (Å²) in [5.74, 6) is -0.488. The molecular weight excluding hydrogens is 220 g/mol. The zero-order chi connectivity index (χ0) is 12.3. The minimum Gasteiger partial charge on any atom is -0.325 e. The molecule has 1 atom stereocenters. The molecule has 0 saturated carbocycles. The van der Waals surface area contributed by atoms with Gasteiger partial charge in [-0.2, -0.15) is 5.26 Å². The lowest BCUT2D eigenvalue weighted by atomic mass is 10.2. The summed E-state index contributed by atoms with van der Waals surface area (Å²) in [4.78, 5) is 22.6. The number of amides is 2. The summed E-state index contributed by atoms with van der Waals surface area (Å²) in [5.41, 5.74) is 6.07. The van der Waals surface area contributed by atoms with Gasteiger partial charge in [-0.3, -0.25) is 15.0 Å². The smallest absolute Gasteiger partial charge is 0.243 e. The molecule has 3 N–H and O–H groups in total. The van der Waals surface area contributed by atoms with E-state index >= 15 is 0 Å². The fraction of sp³-hybridized carbons (Fsp3) is 0.182. The number of rotatable bonds is 2. The highest BCUT2D eigenvalue weighted by atomic mass is 16.2. The van der Waals surface area contributed by atoms with E-state index in [1.54, 1.807) is 24.3 Å². The molecule has 6 nitrogen and oxygen atoms in total. The van der Waals surface area contributed by atoms with Crippen molar-refractivity contribution in [2.75, 3.05) is 5.32 Å². The Morgan fingerprint density at radius 3 is 2.65 bits per heavy atom. The quantitative estimate of drug-likeness (QED) is 0.660. The molecule has 0 spiro atoms. The van der Waals surface area contributed by atoms with Crippen LogP contribution in [0, 0.1) is 11.3 Å². The number of hydrogen-bond acceptors (Lipinski definition) is 4. The standard InChI is InChI=1S/C11H10N4O2/c12-6-7-1-3-8(4-2-7)13-11(17)9-5-10(16)15-14-9/h1-4,9,14H,5H2,(H,13,17)(H,15,16). The number of hydrazine groups is 1. The zero-order valence-electron chi connectivity index (χ0n) is 8.86. The minimum atomic E-state index is -0.557. The Morgan fingerprint density at radius 2 is 2.12 bits per heavy atom. The maximum atomic E-state index is 11.7. The number of nitrogens with one attached hydrogen (secondary N) is 3. The molecule has 1 aromatic carbocycles. The van der Waals surface area contributed by atoms with Gasteiger partial charge in [0.2, 0.25) is 11.8 Å². The number of benzene rings is 1. The normalized spacial score (nSPS) is 18.3. The van der Waals surface area contributed by atoms with Crippen LogP contribution in [0.25, 0.3) is 0 Å². The van der Waals surface area contributed by atoms with Gasteiger partial charge in [0.25, 0.3) is 0 Å². The van der Waals surface area contributed by atoms with Crippen LogP contribution in [-0.2, 0) is 9.59 Å². The molecular formula is C11H10N4O2. The van der Waals surface area contributed by atoms with E-state index < -0.39 is 6.04 Å². The van der Waals surface area contributed by atoms with Gasteiger partial charge in [-0.15, -0.1) is 0 Å². The third-order valence-electron chi connectivity index (χ3n) is 2.37. The summed E-state index contributed by atoms with van der Waals surface area (Å²) in [6.07, 6.45) is 0.127. The van der Waals surface area contributed by atoms with Gasteiger partial charge in [0, 0.05) is 5.69 Å². The minimum absolute atomic E-state index is 0.127. The summed E-state index contributed by atoms with van der Waals surface area (Å²) in [7, 11) is 0. The van der Waals surface area contributed by atoms with Crippen LogP contribution in [0.2, 0.25) is 0 Å². The SMILES string of the molecule is N#Cc1ccc(NC(=O)C2CC(=O)NN2)cc1. The van der Waals surface area contributed by atoms with Crippen LogP contribution in [0.1, 0.15) is 12.0 Å². The van der Waals surface area contributed by atoms with E-state index in [9.17, 15) is 9.59 Å². The van der Waals surface area contributed by atoms with Crippen LogP contribution >= 0.6 is 0 Å². The molecule has 17 heavy (non-hydrogen) atoms. The van der Waals surface area contributed by atoms with E-state index in [0.29, 0.717) is 11.3 Å². The molecule has 0 radical (unpaired) electrons. The first-order valence-electron chi connectivity index (χ1n) is 5.04. The number of nitriles is 1. The average Bonchev–Trinajstić information content (AvgIpc) is 2.77. The van der Waals surface area contributed by atoms with Crippen molar-refractivity contribution in [1.29, 1.82) is 5.26 Å². The molecule has 1 unspecified atom stereocenters. The van der Waals surface area contributed by atoms with Crippen molar-refractivity contribution in [1.82, 2.24) is 10.9 Å². The fourth-order valence-electron chi connectivity index (χ4n) is 1.47. The molecule has 1 heterocycles. The second-order valence-corrected chi connectivity index (χ2v) is 3.63. The van der Waals surface area contributed by atoms with Gasteiger partial charge in [-0.25, -0.2) is 5.43 Å². The largest absolute Gasteiger partial charge is 0.325 e. The summed E-state index contributed by atoms with van der Waals surface area (Å²) in [6, 6.07) is 7.93. The van der Waals surface area contributed by atoms with Gasteiger partial charge in [-0.1, -0.05) is 0 Å². The number of hydrogen-bond donors (Lipinski definition) is 3. The van der Waals surface area contributed by atoms with Crippen LogP contribution in [0.3, 0.4) is 0 Å². The van der Waals surface area contributed by atoms with Crippen molar-refractivity contribution < 1.29 is 9.59 Å². The Bertz CT molecular complexity index is 489. The molecule has 1 fully saturated rings. The maximum absolute atomic E-state index is 11.7. The monoisotopic (exact) mass is 230 g/mol. The van der Waals surface area contributed by atoms with E-state index in [1.807, 2.05) is 6.07 Å². The molecule has 1 saturated heterocycles. The van der Waals surface area contributed by atoms with Gasteiger partial charge < -0.3 is 5.32 Å². The Balaban J connectivity index is 1.98. The van der Waals surface area contributed by atoms with Gasteiger partial charge >= 0.3 is 0 Å². The highest BCUT2D eigenvalue weighted by molar-refractivity contribution is 5.99. The summed E-state index contributed by atoms with van der Waals surface area (Å²) in [5, 5.41) is 11.3. The van der Waals surface area contributed by atoms with Crippen molar-refractivity contribution in [2.45, 2.75) is 12.5 Å². The third kappa shape index (κ3) is 2.59. The lowest BCUT2D eigenvalue weighted by molar-refractivity contribution is -0.121. The van der Waals surface area contributed by atoms with E-state index in [0.717, 1.165) is 0 Å². The molecule has 0 bridgehead atoms. The molecule has 0 aliphatic carbocycles.